The molecule has 4 N–H and O–H groups in total. The highest BCUT2D eigenvalue weighted by atomic mass is 16.4. The molecule has 0 bridgehead atoms. The Morgan fingerprint density at radius 2 is 0.893 bits per heavy atom. The van der Waals surface area contributed by atoms with Gasteiger partial charge in [-0.1, -0.05) is 0 Å². The third-order valence-electron chi connectivity index (χ3n) is 4.71. The minimum absolute atomic E-state index is 0.0625. The van der Waals surface area contributed by atoms with Gasteiger partial charge in [-0.2, -0.15) is 0 Å². The normalized spacial score (nSPS) is 19.4. The van der Waals surface area contributed by atoms with Crippen molar-refractivity contribution in [1.29, 1.82) is 0 Å². The van der Waals surface area contributed by atoms with Crippen molar-refractivity contribution in [3.63, 3.8) is 0 Å². The maximum Gasteiger partial charge on any atom is 0.317 e. The summed E-state index contributed by atoms with van der Waals surface area (Å²) in [6.07, 6.45) is 0.881. The first-order valence-electron chi connectivity index (χ1n) is 9.20. The van der Waals surface area contributed by atoms with Gasteiger partial charge in [0.2, 0.25) is 0 Å². The topological polar surface area (TPSA) is 159 Å². The number of hydrogen-bond acceptors (Lipinski definition) is 7. The summed E-state index contributed by atoms with van der Waals surface area (Å²) >= 11 is 0. The van der Waals surface area contributed by atoms with Gasteiger partial charge in [0, 0.05) is 32.6 Å². The molecule has 0 aromatic rings. The van der Waals surface area contributed by atoms with E-state index in [4.69, 9.17) is 20.4 Å². The summed E-state index contributed by atoms with van der Waals surface area (Å²) < 4.78 is 0. The second kappa shape index (κ2) is 12.3. The van der Waals surface area contributed by atoms with Gasteiger partial charge in [0.05, 0.1) is 19.6 Å². The molecule has 0 aliphatic carbocycles. The lowest BCUT2D eigenvalue weighted by molar-refractivity contribution is -0.141. The summed E-state index contributed by atoms with van der Waals surface area (Å²) in [5, 5.41) is 36.4. The molecule has 160 valence electrons. The molecule has 11 nitrogen and oxygen atoms in total. The fourth-order valence-electron chi connectivity index (χ4n) is 3.28. The summed E-state index contributed by atoms with van der Waals surface area (Å²) in [5.41, 5.74) is 0. The average Bonchev–Trinajstić information content (AvgIpc) is 2.55. The van der Waals surface area contributed by atoms with E-state index in [1.807, 2.05) is 0 Å². The molecule has 0 radical (unpaired) electrons. The Hall–Kier alpha value is -2.24. The summed E-state index contributed by atoms with van der Waals surface area (Å²) in [4.78, 5) is 49.4. The van der Waals surface area contributed by atoms with Crippen molar-refractivity contribution in [2.24, 2.45) is 5.92 Å². The number of carboxylic acids is 4. The molecule has 0 atom stereocenters. The van der Waals surface area contributed by atoms with Crippen LogP contribution >= 0.6 is 0 Å². The van der Waals surface area contributed by atoms with E-state index in [1.165, 1.54) is 0 Å². The van der Waals surface area contributed by atoms with Crippen molar-refractivity contribution in [1.82, 2.24) is 14.7 Å². The molecule has 1 heterocycles. The molecule has 1 aliphatic heterocycles. The van der Waals surface area contributed by atoms with Crippen LogP contribution in [0.2, 0.25) is 0 Å². The molecule has 0 saturated carbocycles. The minimum Gasteiger partial charge on any atom is -0.481 e. The largest absolute Gasteiger partial charge is 0.481 e. The van der Waals surface area contributed by atoms with Crippen LogP contribution in [0, 0.1) is 5.92 Å². The van der Waals surface area contributed by atoms with Crippen molar-refractivity contribution in [2.45, 2.75) is 19.3 Å². The van der Waals surface area contributed by atoms with Gasteiger partial charge < -0.3 is 20.4 Å². The molecule has 0 amide bonds. The van der Waals surface area contributed by atoms with Crippen molar-refractivity contribution >= 4 is 23.9 Å². The van der Waals surface area contributed by atoms with Crippen molar-refractivity contribution < 1.29 is 39.6 Å². The van der Waals surface area contributed by atoms with Crippen LogP contribution in [0.1, 0.15) is 19.3 Å². The second-order valence-corrected chi connectivity index (χ2v) is 7.05. The molecule has 0 spiro atoms. The Morgan fingerprint density at radius 1 is 0.571 bits per heavy atom. The number of aliphatic carboxylic acids is 4. The molecule has 1 fully saturated rings. The van der Waals surface area contributed by atoms with Crippen LogP contribution in [-0.2, 0) is 19.2 Å². The molecular formula is C17H29N3O8. The average molecular weight is 403 g/mol. The van der Waals surface area contributed by atoms with E-state index in [9.17, 15) is 19.2 Å². The Balaban J connectivity index is 2.90. The molecular weight excluding hydrogens is 374 g/mol. The third-order valence-corrected chi connectivity index (χ3v) is 4.71. The number of rotatable bonds is 8. The zero-order valence-corrected chi connectivity index (χ0v) is 15.8. The van der Waals surface area contributed by atoms with E-state index in [-0.39, 0.29) is 32.0 Å². The fourth-order valence-corrected chi connectivity index (χ4v) is 3.28. The Kier molecular flexibility index (Phi) is 10.4. The van der Waals surface area contributed by atoms with Crippen molar-refractivity contribution in [2.75, 3.05) is 58.9 Å². The van der Waals surface area contributed by atoms with Crippen LogP contribution in [0.25, 0.3) is 0 Å². The van der Waals surface area contributed by atoms with Crippen molar-refractivity contribution in [3.8, 4) is 0 Å². The lowest BCUT2D eigenvalue weighted by atomic mass is 9.96. The number of carboxylic acid groups (broad SMARTS) is 4. The molecule has 0 unspecified atom stereocenters. The first kappa shape index (κ1) is 23.8. The summed E-state index contributed by atoms with van der Waals surface area (Å²) in [6.45, 7) is 1.44. The fraction of sp³-hybridized carbons (Fsp3) is 0.765. The van der Waals surface area contributed by atoms with Gasteiger partial charge in [0.25, 0.3) is 0 Å². The Bertz CT molecular complexity index is 445. The summed E-state index contributed by atoms with van der Waals surface area (Å²) in [5.74, 6) is -4.15. The maximum absolute atomic E-state index is 11.1. The van der Waals surface area contributed by atoms with E-state index in [1.54, 1.807) is 14.7 Å². The smallest absolute Gasteiger partial charge is 0.317 e. The zero-order chi connectivity index (χ0) is 21.1. The van der Waals surface area contributed by atoms with Crippen LogP contribution in [-0.4, -0.2) is 118 Å². The van der Waals surface area contributed by atoms with Gasteiger partial charge in [-0.15, -0.1) is 0 Å². The predicted molar refractivity (Wildman–Crippen MR) is 97.2 cm³/mol. The monoisotopic (exact) mass is 403 g/mol. The van der Waals surface area contributed by atoms with Gasteiger partial charge in [-0.25, -0.2) is 0 Å². The lowest BCUT2D eigenvalue weighted by Gasteiger charge is -2.31. The Labute approximate surface area is 163 Å². The minimum atomic E-state index is -1.01. The molecule has 11 heteroatoms. The van der Waals surface area contributed by atoms with Crippen molar-refractivity contribution in [3.05, 3.63) is 0 Å². The van der Waals surface area contributed by atoms with E-state index in [0.717, 1.165) is 0 Å². The Morgan fingerprint density at radius 3 is 1.18 bits per heavy atom. The van der Waals surface area contributed by atoms with Crippen LogP contribution in [0.4, 0.5) is 0 Å². The number of carbonyl (C=O) groups is 4. The zero-order valence-electron chi connectivity index (χ0n) is 15.8. The highest BCUT2D eigenvalue weighted by molar-refractivity contribution is 5.70. The molecule has 1 rings (SSSR count). The first-order chi connectivity index (χ1) is 13.2. The summed E-state index contributed by atoms with van der Waals surface area (Å²) in [7, 11) is 0. The van der Waals surface area contributed by atoms with E-state index in [0.29, 0.717) is 52.1 Å². The number of hydrogen-bond donors (Lipinski definition) is 4. The molecule has 0 aromatic carbocycles. The van der Waals surface area contributed by atoms with Crippen LogP contribution in [0.3, 0.4) is 0 Å². The van der Waals surface area contributed by atoms with E-state index < -0.39 is 23.9 Å². The van der Waals surface area contributed by atoms with Gasteiger partial charge in [-0.3, -0.25) is 33.9 Å². The predicted octanol–water partition coefficient (Wildman–Crippen LogP) is -0.969. The lowest BCUT2D eigenvalue weighted by Crippen LogP contribution is -2.45. The second-order valence-electron chi connectivity index (χ2n) is 7.05. The molecule has 1 aliphatic rings. The summed E-state index contributed by atoms with van der Waals surface area (Å²) in [6, 6.07) is 0. The van der Waals surface area contributed by atoms with Gasteiger partial charge in [0.1, 0.15) is 0 Å². The molecule has 0 aromatic heterocycles. The standard InChI is InChI=1S/C17H29N3O8/c21-14(22)9-13-1-3-18(10-15(23)24)5-7-20(12-17(27)28)8-6-19(4-2-13)11-16(25)26/h13H,1-12H2,(H,21,22)(H,23,24)(H,25,26)(H,27,28). The molecule has 1 saturated heterocycles. The molecule has 28 heavy (non-hydrogen) atoms. The highest BCUT2D eigenvalue weighted by Gasteiger charge is 2.22. The van der Waals surface area contributed by atoms with Crippen LogP contribution in [0.15, 0.2) is 0 Å². The quantitative estimate of drug-likeness (QED) is 0.395. The SMILES string of the molecule is O=C(O)CC1CCN(CC(=O)O)CCN(CC(=O)O)CCN(CC(=O)O)CC1. The van der Waals surface area contributed by atoms with Crippen LogP contribution < -0.4 is 0 Å². The van der Waals surface area contributed by atoms with E-state index >= 15 is 0 Å². The number of nitrogens with zero attached hydrogens (tertiary/aromatic N) is 3. The van der Waals surface area contributed by atoms with Gasteiger partial charge in [0.15, 0.2) is 0 Å². The van der Waals surface area contributed by atoms with Gasteiger partial charge in [-0.05, 0) is 31.8 Å². The van der Waals surface area contributed by atoms with Crippen LogP contribution in [0.5, 0.6) is 0 Å². The van der Waals surface area contributed by atoms with Gasteiger partial charge >= 0.3 is 23.9 Å². The maximum atomic E-state index is 11.1. The first-order valence-corrected chi connectivity index (χ1v) is 9.20. The highest BCUT2D eigenvalue weighted by Crippen LogP contribution is 2.16. The van der Waals surface area contributed by atoms with E-state index in [2.05, 4.69) is 0 Å². The third kappa shape index (κ3) is 10.8.